The molecular weight excluding hydrogens is 870 g/mol. The van der Waals surface area contributed by atoms with E-state index in [0.29, 0.717) is 16.7 Å². The minimum atomic E-state index is -4.46. The molecule has 1 aliphatic carbocycles. The summed E-state index contributed by atoms with van der Waals surface area (Å²) in [5.74, 6) is -3.61. The summed E-state index contributed by atoms with van der Waals surface area (Å²) in [7, 11) is 0. The number of pyridine rings is 3. The third kappa shape index (κ3) is 13.3. The average molecular weight is 908 g/mol. The molecule has 0 amide bonds. The Balaban J connectivity index is 0.000000184. The monoisotopic (exact) mass is 907 g/mol. The molecule has 13 nitrogen and oxygen atoms in total. The minimum absolute atomic E-state index is 0.000531. The molecule has 0 radical (unpaired) electrons. The van der Waals surface area contributed by atoms with Crippen molar-refractivity contribution in [1.29, 1.82) is 0 Å². The van der Waals surface area contributed by atoms with Crippen LogP contribution in [-0.2, 0) is 0 Å². The minimum Gasteiger partial charge on any atom is -0.490 e. The van der Waals surface area contributed by atoms with Crippen LogP contribution in [0.1, 0.15) is 50.3 Å². The maximum absolute atomic E-state index is 14.7. The van der Waals surface area contributed by atoms with Crippen molar-refractivity contribution < 1.29 is 61.1 Å². The van der Waals surface area contributed by atoms with Crippen LogP contribution in [-0.4, -0.2) is 67.1 Å². The molecule has 338 valence electrons. The van der Waals surface area contributed by atoms with Crippen LogP contribution in [0.5, 0.6) is 11.5 Å². The summed E-state index contributed by atoms with van der Waals surface area (Å²) in [5, 5.41) is 32.1. The van der Waals surface area contributed by atoms with Gasteiger partial charge in [0.2, 0.25) is 0 Å². The normalized spacial score (nSPS) is 11.9. The second-order valence-electron chi connectivity index (χ2n) is 14.2. The summed E-state index contributed by atoms with van der Waals surface area (Å²) in [6.07, 6.45) is 4.83. The van der Waals surface area contributed by atoms with Gasteiger partial charge in [-0.25, -0.2) is 33.1 Å². The third-order valence-electron chi connectivity index (χ3n) is 9.52. The predicted octanol–water partition coefficient (Wildman–Crippen LogP) is 11.3. The molecule has 4 aromatic carbocycles. The quantitative estimate of drug-likeness (QED) is 0.0687. The fraction of sp³-hybridized carbons (Fsp3) is 0.125. The molecule has 3 heterocycles. The molecule has 0 spiro atoms. The number of hydrogen-bond acceptors (Lipinski definition) is 10. The number of carboxylic acid groups (broad SMARTS) is 3. The van der Waals surface area contributed by atoms with Gasteiger partial charge >= 0.3 is 24.1 Å². The van der Waals surface area contributed by atoms with Gasteiger partial charge in [0.25, 0.3) is 0 Å². The lowest BCUT2D eigenvalue weighted by atomic mass is 9.96. The highest BCUT2D eigenvalue weighted by atomic mass is 19.4. The standard InChI is InChI=1S/C22H19FN2O3.C20H14F4N2O3.C6H5NO2/c23-19-13-15(14-4-1-7-17(12-14)28-16-5-2-6-16)9-10-20(19)25-21-18(22(26)27)8-3-11-24-21;21-16-10-13(12-3-1-4-14(9-12)29-11-20(22,23)24)6-7-17(16)26-18-15(19(27)28)5-2-8-25-18;8-6(9)5-2-1-3-7-4-5/h1,3-4,7-13,16H,2,5-6H2,(H,24,25)(H,26,27);1-10H,11H2,(H,25,26)(H,27,28);1-4H,(H,8,9). The fourth-order valence-electron chi connectivity index (χ4n) is 6.05. The van der Waals surface area contributed by atoms with E-state index in [1.165, 1.54) is 104 Å². The maximum atomic E-state index is 14.7. The highest BCUT2D eigenvalue weighted by molar-refractivity contribution is 5.94. The van der Waals surface area contributed by atoms with E-state index in [9.17, 15) is 41.4 Å². The van der Waals surface area contributed by atoms with E-state index in [1.807, 2.05) is 24.3 Å². The number of carboxylic acids is 3. The van der Waals surface area contributed by atoms with Gasteiger partial charge in [0.1, 0.15) is 45.9 Å². The number of hydrogen-bond donors (Lipinski definition) is 5. The summed E-state index contributed by atoms with van der Waals surface area (Å²) in [4.78, 5) is 44.2. The summed E-state index contributed by atoms with van der Waals surface area (Å²) >= 11 is 0. The summed E-state index contributed by atoms with van der Waals surface area (Å²) in [5.41, 5.74) is 2.66. The van der Waals surface area contributed by atoms with Crippen LogP contribution < -0.4 is 20.1 Å². The van der Waals surface area contributed by atoms with E-state index >= 15 is 0 Å². The van der Waals surface area contributed by atoms with E-state index in [4.69, 9.17) is 19.7 Å². The van der Waals surface area contributed by atoms with Gasteiger partial charge in [0, 0.05) is 24.8 Å². The van der Waals surface area contributed by atoms with E-state index in [-0.39, 0.29) is 51.6 Å². The molecule has 1 fully saturated rings. The Morgan fingerprint density at radius 1 is 0.606 bits per heavy atom. The van der Waals surface area contributed by atoms with Crippen molar-refractivity contribution in [2.45, 2.75) is 31.5 Å². The Hall–Kier alpha value is -8.41. The Bertz CT molecular complexity index is 2810. The van der Waals surface area contributed by atoms with Crippen molar-refractivity contribution in [2.24, 2.45) is 0 Å². The van der Waals surface area contributed by atoms with Gasteiger partial charge in [0.15, 0.2) is 6.61 Å². The molecule has 7 aromatic rings. The van der Waals surface area contributed by atoms with Crippen molar-refractivity contribution >= 4 is 40.9 Å². The first-order valence-corrected chi connectivity index (χ1v) is 19.8. The highest BCUT2D eigenvalue weighted by Gasteiger charge is 2.28. The second kappa shape index (κ2) is 21.8. The van der Waals surface area contributed by atoms with Crippen molar-refractivity contribution in [3.63, 3.8) is 0 Å². The van der Waals surface area contributed by atoms with Gasteiger partial charge in [-0.05, 0) is 126 Å². The number of halogens is 5. The molecule has 18 heteroatoms. The molecule has 1 saturated carbocycles. The number of benzene rings is 4. The van der Waals surface area contributed by atoms with Crippen molar-refractivity contribution in [1.82, 2.24) is 15.0 Å². The fourth-order valence-corrected chi connectivity index (χ4v) is 6.05. The van der Waals surface area contributed by atoms with Gasteiger partial charge in [-0.2, -0.15) is 13.2 Å². The molecule has 0 saturated heterocycles. The zero-order chi connectivity index (χ0) is 47.2. The van der Waals surface area contributed by atoms with E-state index in [0.717, 1.165) is 24.2 Å². The zero-order valence-corrected chi connectivity index (χ0v) is 34.4. The van der Waals surface area contributed by atoms with Crippen molar-refractivity contribution in [2.75, 3.05) is 17.2 Å². The molecule has 5 N–H and O–H groups in total. The van der Waals surface area contributed by atoms with Gasteiger partial charge in [0.05, 0.1) is 23.0 Å². The van der Waals surface area contributed by atoms with E-state index < -0.39 is 42.3 Å². The molecule has 1 aliphatic rings. The van der Waals surface area contributed by atoms with Crippen LogP contribution in [0.25, 0.3) is 22.3 Å². The number of alkyl halides is 3. The first kappa shape index (κ1) is 47.1. The van der Waals surface area contributed by atoms with Crippen LogP contribution in [0, 0.1) is 11.6 Å². The van der Waals surface area contributed by atoms with Crippen LogP contribution in [0.15, 0.2) is 146 Å². The third-order valence-corrected chi connectivity index (χ3v) is 9.52. The molecule has 66 heavy (non-hydrogen) atoms. The first-order chi connectivity index (χ1) is 31.6. The topological polar surface area (TPSA) is 193 Å². The van der Waals surface area contributed by atoms with E-state index in [2.05, 4.69) is 25.6 Å². The van der Waals surface area contributed by atoms with Gasteiger partial charge < -0.3 is 35.4 Å². The summed E-state index contributed by atoms with van der Waals surface area (Å²) < 4.78 is 76.7. The van der Waals surface area contributed by atoms with Crippen molar-refractivity contribution in [3.05, 3.63) is 174 Å². The molecule has 0 atom stereocenters. The van der Waals surface area contributed by atoms with Crippen LogP contribution in [0.2, 0.25) is 0 Å². The first-order valence-electron chi connectivity index (χ1n) is 19.8. The SMILES string of the molecule is O=C(O)c1cccnc1.O=C(O)c1cccnc1Nc1ccc(-c2cccc(OC3CCC3)c2)cc1F.O=C(O)c1cccnc1Nc1ccc(-c2cccc(OCC(F)(F)F)c2)cc1F. The molecule has 3 aromatic heterocycles. The summed E-state index contributed by atoms with van der Waals surface area (Å²) in [6, 6.07) is 31.1. The number of aromatic nitrogens is 3. The number of carbonyl (C=O) groups is 3. The number of anilines is 4. The Kier molecular flexibility index (Phi) is 15.5. The number of nitrogens with zero attached hydrogens (tertiary/aromatic N) is 3. The van der Waals surface area contributed by atoms with Gasteiger partial charge in [-0.15, -0.1) is 0 Å². The van der Waals surface area contributed by atoms with Crippen LogP contribution in [0.4, 0.5) is 45.0 Å². The number of aromatic carboxylic acids is 3. The number of ether oxygens (including phenoxy) is 2. The van der Waals surface area contributed by atoms with Crippen LogP contribution >= 0.6 is 0 Å². The Morgan fingerprint density at radius 3 is 1.53 bits per heavy atom. The lowest BCUT2D eigenvalue weighted by Crippen LogP contribution is -2.24. The smallest absolute Gasteiger partial charge is 0.422 e. The van der Waals surface area contributed by atoms with Gasteiger partial charge in [-0.3, -0.25) is 4.98 Å². The largest absolute Gasteiger partial charge is 0.490 e. The van der Waals surface area contributed by atoms with Crippen LogP contribution in [0.3, 0.4) is 0 Å². The molecule has 0 bridgehead atoms. The average Bonchev–Trinajstić information content (AvgIpc) is 3.29. The Morgan fingerprint density at radius 2 is 1.11 bits per heavy atom. The second-order valence-corrected chi connectivity index (χ2v) is 14.2. The molecular formula is C48H38F5N5O8. The van der Waals surface area contributed by atoms with E-state index in [1.54, 1.807) is 24.3 Å². The molecule has 0 aliphatic heterocycles. The summed E-state index contributed by atoms with van der Waals surface area (Å²) in [6.45, 7) is -1.43. The number of nitrogens with one attached hydrogen (secondary N) is 2. The zero-order valence-electron chi connectivity index (χ0n) is 34.4. The lowest BCUT2D eigenvalue weighted by Gasteiger charge is -2.26. The molecule has 0 unspecified atom stereocenters. The van der Waals surface area contributed by atoms with Gasteiger partial charge in [-0.1, -0.05) is 36.4 Å². The lowest BCUT2D eigenvalue weighted by molar-refractivity contribution is -0.153. The van der Waals surface area contributed by atoms with Crippen molar-refractivity contribution in [3.8, 4) is 33.8 Å². The highest BCUT2D eigenvalue weighted by Crippen LogP contribution is 2.32. The molecule has 8 rings (SSSR count). The number of rotatable bonds is 13. The predicted molar refractivity (Wildman–Crippen MR) is 234 cm³/mol. The maximum Gasteiger partial charge on any atom is 0.422 e. The Labute approximate surface area is 373 Å².